The molecule has 1 aromatic heterocycles. The molecule has 1 atom stereocenters. The Balaban J connectivity index is 1.89. The zero-order valence-corrected chi connectivity index (χ0v) is 18.2. The van der Waals surface area contributed by atoms with E-state index in [9.17, 15) is 8.42 Å². The van der Waals surface area contributed by atoms with Gasteiger partial charge in [-0.05, 0) is 51.6 Å². The Bertz CT molecular complexity index is 859. The second-order valence-corrected chi connectivity index (χ2v) is 10.4. The van der Waals surface area contributed by atoms with Crippen LogP contribution in [0.1, 0.15) is 57.7 Å². The van der Waals surface area contributed by atoms with Crippen LogP contribution in [0, 0.1) is 0 Å². The van der Waals surface area contributed by atoms with Crippen LogP contribution in [0.4, 0.5) is 0 Å². The highest BCUT2D eigenvalue weighted by Crippen LogP contribution is 2.24. The molecule has 1 fully saturated rings. The standard InChI is InChI=1S/C22H33N3O2S/c1-4-20-12-8-9-14-24(20)17-21-16-23-22(28(26,27)18(2)3)25(21)15-13-19-10-6-5-7-11-19/h5-7,10-11,16,18,20H,4,8-9,12-15,17H2,1-3H3. The van der Waals surface area contributed by atoms with Gasteiger partial charge in [0.05, 0.1) is 17.1 Å². The predicted octanol–water partition coefficient (Wildman–Crippen LogP) is 4.07. The first-order valence-corrected chi connectivity index (χ1v) is 12.0. The third-order valence-corrected chi connectivity index (χ3v) is 7.90. The van der Waals surface area contributed by atoms with Crippen molar-refractivity contribution in [2.45, 2.75) is 82.4 Å². The largest absolute Gasteiger partial charge is 0.317 e. The Hall–Kier alpha value is -1.66. The summed E-state index contributed by atoms with van der Waals surface area (Å²) in [7, 11) is -3.42. The van der Waals surface area contributed by atoms with Gasteiger partial charge in [0.1, 0.15) is 0 Å². The molecule has 1 aliphatic rings. The molecule has 0 N–H and O–H groups in total. The summed E-state index contributed by atoms with van der Waals surface area (Å²) in [5.41, 5.74) is 2.22. The van der Waals surface area contributed by atoms with E-state index >= 15 is 0 Å². The van der Waals surface area contributed by atoms with Gasteiger partial charge in [-0.1, -0.05) is 43.7 Å². The number of aromatic nitrogens is 2. The van der Waals surface area contributed by atoms with E-state index in [0.29, 0.717) is 12.6 Å². The summed E-state index contributed by atoms with van der Waals surface area (Å²) in [4.78, 5) is 6.89. The number of hydrogen-bond donors (Lipinski definition) is 0. The van der Waals surface area contributed by atoms with Crippen molar-refractivity contribution in [1.29, 1.82) is 0 Å². The molecule has 2 aromatic rings. The number of aryl methyl sites for hydroxylation is 1. The van der Waals surface area contributed by atoms with E-state index in [4.69, 9.17) is 0 Å². The maximum atomic E-state index is 12.9. The van der Waals surface area contributed by atoms with Crippen molar-refractivity contribution < 1.29 is 8.42 Å². The third-order valence-electron chi connectivity index (χ3n) is 5.83. The number of rotatable bonds is 8. The van der Waals surface area contributed by atoms with Crippen LogP contribution in [0.5, 0.6) is 0 Å². The lowest BCUT2D eigenvalue weighted by molar-refractivity contribution is 0.132. The number of likely N-dealkylation sites (tertiary alicyclic amines) is 1. The van der Waals surface area contributed by atoms with Crippen LogP contribution < -0.4 is 0 Å². The van der Waals surface area contributed by atoms with E-state index in [2.05, 4.69) is 28.9 Å². The minimum Gasteiger partial charge on any atom is -0.317 e. The monoisotopic (exact) mass is 403 g/mol. The summed E-state index contributed by atoms with van der Waals surface area (Å²) in [5, 5.41) is -0.255. The number of nitrogens with zero attached hydrogens (tertiary/aromatic N) is 3. The minimum atomic E-state index is -3.42. The molecule has 1 saturated heterocycles. The molecule has 1 unspecified atom stereocenters. The predicted molar refractivity (Wildman–Crippen MR) is 113 cm³/mol. The summed E-state index contributed by atoms with van der Waals surface area (Å²) in [6.07, 6.45) is 7.44. The van der Waals surface area contributed by atoms with E-state index in [1.165, 1.54) is 24.8 Å². The van der Waals surface area contributed by atoms with E-state index in [-0.39, 0.29) is 5.16 Å². The first-order chi connectivity index (χ1) is 13.4. The van der Waals surface area contributed by atoms with E-state index in [1.807, 2.05) is 22.8 Å². The van der Waals surface area contributed by atoms with Gasteiger partial charge in [-0.25, -0.2) is 13.4 Å². The van der Waals surface area contributed by atoms with Crippen molar-refractivity contribution >= 4 is 9.84 Å². The SMILES string of the molecule is CCC1CCCCN1Cc1cnc(S(=O)(=O)C(C)C)n1CCc1ccccc1. The average molecular weight is 404 g/mol. The Labute approximate surface area is 169 Å². The first-order valence-electron chi connectivity index (χ1n) is 10.5. The lowest BCUT2D eigenvalue weighted by Crippen LogP contribution is -2.39. The van der Waals surface area contributed by atoms with Crippen molar-refractivity contribution in [3.8, 4) is 0 Å². The molecule has 3 rings (SSSR count). The van der Waals surface area contributed by atoms with E-state index < -0.39 is 15.1 Å². The maximum absolute atomic E-state index is 12.9. The third kappa shape index (κ3) is 4.66. The molecule has 6 heteroatoms. The summed E-state index contributed by atoms with van der Waals surface area (Å²) in [6.45, 7) is 8.17. The maximum Gasteiger partial charge on any atom is 0.228 e. The molecule has 2 heterocycles. The quantitative estimate of drug-likeness (QED) is 0.667. The smallest absolute Gasteiger partial charge is 0.228 e. The van der Waals surface area contributed by atoms with Gasteiger partial charge < -0.3 is 4.57 Å². The Morgan fingerprint density at radius 1 is 1.18 bits per heavy atom. The van der Waals surface area contributed by atoms with Crippen LogP contribution in [0.2, 0.25) is 0 Å². The van der Waals surface area contributed by atoms with Crippen molar-refractivity contribution in [1.82, 2.24) is 14.5 Å². The topological polar surface area (TPSA) is 55.2 Å². The molecule has 0 amide bonds. The first kappa shape index (κ1) is 21.1. The van der Waals surface area contributed by atoms with Gasteiger partial charge in [0.15, 0.2) is 0 Å². The van der Waals surface area contributed by atoms with Gasteiger partial charge in [-0.2, -0.15) is 0 Å². The summed E-state index contributed by atoms with van der Waals surface area (Å²) >= 11 is 0. The fourth-order valence-electron chi connectivity index (χ4n) is 4.02. The van der Waals surface area contributed by atoms with Gasteiger partial charge >= 0.3 is 0 Å². The van der Waals surface area contributed by atoms with Crippen molar-refractivity contribution in [2.75, 3.05) is 6.54 Å². The summed E-state index contributed by atoms with van der Waals surface area (Å²) in [6, 6.07) is 10.8. The van der Waals surface area contributed by atoms with Gasteiger partial charge in [-0.3, -0.25) is 4.90 Å². The molecular weight excluding hydrogens is 370 g/mol. The molecule has 0 saturated carbocycles. The highest BCUT2D eigenvalue weighted by atomic mass is 32.2. The van der Waals surface area contributed by atoms with Crippen LogP contribution >= 0.6 is 0 Å². The zero-order valence-electron chi connectivity index (χ0n) is 17.3. The number of sulfone groups is 1. The number of imidazole rings is 1. The van der Waals surface area contributed by atoms with Gasteiger partial charge in [0, 0.05) is 19.1 Å². The Morgan fingerprint density at radius 3 is 2.61 bits per heavy atom. The lowest BCUT2D eigenvalue weighted by atomic mass is 10.00. The zero-order chi connectivity index (χ0) is 20.1. The van der Waals surface area contributed by atoms with Gasteiger partial charge in [0.2, 0.25) is 15.0 Å². The number of hydrogen-bond acceptors (Lipinski definition) is 4. The van der Waals surface area contributed by atoms with Gasteiger partial charge in [-0.15, -0.1) is 0 Å². The van der Waals surface area contributed by atoms with Crippen molar-refractivity contribution in [2.24, 2.45) is 0 Å². The number of benzene rings is 1. The fraction of sp³-hybridized carbons (Fsp3) is 0.591. The lowest BCUT2D eigenvalue weighted by Gasteiger charge is -2.35. The second-order valence-electron chi connectivity index (χ2n) is 8.04. The highest BCUT2D eigenvalue weighted by Gasteiger charge is 2.28. The van der Waals surface area contributed by atoms with Crippen LogP contribution in [-0.2, 0) is 29.3 Å². The molecular formula is C22H33N3O2S. The molecule has 28 heavy (non-hydrogen) atoms. The summed E-state index contributed by atoms with van der Waals surface area (Å²) < 4.78 is 27.7. The summed E-state index contributed by atoms with van der Waals surface area (Å²) in [5.74, 6) is 0. The number of piperidine rings is 1. The van der Waals surface area contributed by atoms with Crippen LogP contribution in [0.3, 0.4) is 0 Å². The van der Waals surface area contributed by atoms with Crippen molar-refractivity contribution in [3.63, 3.8) is 0 Å². The average Bonchev–Trinajstić information content (AvgIpc) is 3.10. The Kier molecular flexibility index (Phi) is 6.94. The Morgan fingerprint density at radius 2 is 1.93 bits per heavy atom. The highest BCUT2D eigenvalue weighted by molar-refractivity contribution is 7.91. The van der Waals surface area contributed by atoms with Crippen LogP contribution in [0.25, 0.3) is 0 Å². The second kappa shape index (κ2) is 9.23. The normalized spacial score (nSPS) is 18.6. The van der Waals surface area contributed by atoms with Gasteiger partial charge in [0.25, 0.3) is 0 Å². The molecule has 0 radical (unpaired) electrons. The molecule has 0 bridgehead atoms. The fourth-order valence-corrected chi connectivity index (χ4v) is 5.16. The van der Waals surface area contributed by atoms with Crippen LogP contribution in [-0.4, -0.2) is 40.7 Å². The molecule has 0 aliphatic carbocycles. The molecule has 5 nitrogen and oxygen atoms in total. The van der Waals surface area contributed by atoms with E-state index in [1.54, 1.807) is 20.0 Å². The molecule has 0 spiro atoms. The van der Waals surface area contributed by atoms with Crippen LogP contribution in [0.15, 0.2) is 41.7 Å². The van der Waals surface area contributed by atoms with E-state index in [0.717, 1.165) is 31.6 Å². The van der Waals surface area contributed by atoms with Crippen molar-refractivity contribution in [3.05, 3.63) is 47.8 Å². The molecule has 1 aromatic carbocycles. The minimum absolute atomic E-state index is 0.221. The molecule has 1 aliphatic heterocycles. The molecule has 154 valence electrons.